The normalized spacial score (nSPS) is 20.9. The number of amides is 2. The third-order valence-corrected chi connectivity index (χ3v) is 7.34. The molecule has 1 fully saturated rings. The van der Waals surface area contributed by atoms with E-state index in [0.717, 1.165) is 25.2 Å². The quantitative estimate of drug-likeness (QED) is 0.0831. The number of esters is 1. The number of allylic oxidation sites excluding steroid dienone is 1. The van der Waals surface area contributed by atoms with Crippen LogP contribution in [-0.4, -0.2) is 83.3 Å². The van der Waals surface area contributed by atoms with Crippen LogP contribution in [0.25, 0.3) is 0 Å². The van der Waals surface area contributed by atoms with E-state index in [1.165, 1.54) is 51.7 Å². The van der Waals surface area contributed by atoms with Gasteiger partial charge in [-0.2, -0.15) is 0 Å². The van der Waals surface area contributed by atoms with Crippen LogP contribution in [0.4, 0.5) is 0 Å². The zero-order chi connectivity index (χ0) is 30.8. The number of hydrogen-bond donors (Lipinski definition) is 5. The Morgan fingerprint density at radius 3 is 2.12 bits per heavy atom. The highest BCUT2D eigenvalue weighted by Gasteiger charge is 2.37. The van der Waals surface area contributed by atoms with Gasteiger partial charge in [0, 0.05) is 13.5 Å². The van der Waals surface area contributed by atoms with Crippen molar-refractivity contribution in [1.29, 1.82) is 0 Å². The number of aliphatic hydroxyl groups excluding tert-OH is 3. The molecule has 0 radical (unpaired) electrons. The lowest BCUT2D eigenvalue weighted by Gasteiger charge is -2.28. The number of methoxy groups -OCH3 is 1. The van der Waals surface area contributed by atoms with Crippen molar-refractivity contribution in [3.05, 3.63) is 12.2 Å². The molecule has 5 N–H and O–H groups in total. The van der Waals surface area contributed by atoms with Crippen LogP contribution in [0.1, 0.15) is 105 Å². The molecule has 0 spiro atoms. The molecule has 0 saturated carbocycles. The van der Waals surface area contributed by atoms with Crippen molar-refractivity contribution in [2.45, 2.75) is 141 Å². The van der Waals surface area contributed by atoms with Crippen LogP contribution < -0.4 is 10.6 Å². The zero-order valence-electron chi connectivity index (χ0n) is 25.8. The number of hydrogen-bond acceptors (Lipinski definition) is 8. The first kappa shape index (κ1) is 37.0. The van der Waals surface area contributed by atoms with Crippen molar-refractivity contribution < 1.29 is 39.2 Å². The van der Waals surface area contributed by atoms with Gasteiger partial charge < -0.3 is 35.4 Å². The molecule has 41 heavy (non-hydrogen) atoms. The van der Waals surface area contributed by atoms with Gasteiger partial charge in [0.25, 0.3) is 5.91 Å². The minimum atomic E-state index is -1.73. The van der Waals surface area contributed by atoms with Gasteiger partial charge in [0.15, 0.2) is 6.10 Å². The highest BCUT2D eigenvalue weighted by atomic mass is 16.5. The number of unbranched alkanes of at least 4 members (excludes halogenated alkanes) is 7. The minimum absolute atomic E-state index is 0.122. The summed E-state index contributed by atoms with van der Waals surface area (Å²) in [6.45, 7) is 8.45. The molecule has 1 aliphatic heterocycles. The maximum Gasteiger partial charge on any atom is 0.306 e. The second kappa shape index (κ2) is 20.8. The van der Waals surface area contributed by atoms with Crippen molar-refractivity contribution in [3.63, 3.8) is 0 Å². The molecule has 2 amide bonds. The van der Waals surface area contributed by atoms with Crippen LogP contribution in [0, 0.1) is 11.8 Å². The molecule has 0 aliphatic carbocycles. The Hall–Kier alpha value is -2.01. The van der Waals surface area contributed by atoms with E-state index in [-0.39, 0.29) is 24.9 Å². The first-order valence-electron chi connectivity index (χ1n) is 15.5. The SMILES string of the molecule is CO[C@@H](C(=O)N[C@H]1CC[C@H](OC(=O)CCCCCCCCCCC(C)C)CNC1=O)[C@H](O)[C@@H](O)[C@H](O)/C=C/C(C)C. The summed E-state index contributed by atoms with van der Waals surface area (Å²) in [4.78, 5) is 37.7. The molecular formula is C31H56N2O8. The second-order valence-corrected chi connectivity index (χ2v) is 12.0. The predicted molar refractivity (Wildman–Crippen MR) is 158 cm³/mol. The number of carbonyl (C=O) groups is 3. The van der Waals surface area contributed by atoms with Crippen LogP contribution in [0.15, 0.2) is 12.2 Å². The van der Waals surface area contributed by atoms with Gasteiger partial charge in [0.1, 0.15) is 30.5 Å². The van der Waals surface area contributed by atoms with Crippen LogP contribution in [0.5, 0.6) is 0 Å². The van der Waals surface area contributed by atoms with E-state index in [1.807, 2.05) is 13.8 Å². The van der Waals surface area contributed by atoms with E-state index in [0.29, 0.717) is 12.8 Å². The number of rotatable bonds is 20. The molecular weight excluding hydrogens is 528 g/mol. The van der Waals surface area contributed by atoms with Crippen LogP contribution in [-0.2, 0) is 23.9 Å². The van der Waals surface area contributed by atoms with Gasteiger partial charge >= 0.3 is 5.97 Å². The molecule has 1 heterocycles. The number of carbonyl (C=O) groups excluding carboxylic acids is 3. The van der Waals surface area contributed by atoms with Gasteiger partial charge in [0.05, 0.1) is 6.54 Å². The van der Waals surface area contributed by atoms with E-state index < -0.39 is 48.4 Å². The summed E-state index contributed by atoms with van der Waals surface area (Å²) in [5, 5.41) is 36.1. The first-order valence-corrected chi connectivity index (χ1v) is 15.5. The average Bonchev–Trinajstić information content (AvgIpc) is 3.08. The van der Waals surface area contributed by atoms with Crippen LogP contribution in [0.2, 0.25) is 0 Å². The Morgan fingerprint density at radius 1 is 0.927 bits per heavy atom. The van der Waals surface area contributed by atoms with Gasteiger partial charge in [0.2, 0.25) is 5.91 Å². The van der Waals surface area contributed by atoms with E-state index in [1.54, 1.807) is 6.08 Å². The summed E-state index contributed by atoms with van der Waals surface area (Å²) in [7, 11) is 1.19. The first-order chi connectivity index (χ1) is 19.5. The van der Waals surface area contributed by atoms with Gasteiger partial charge in [-0.1, -0.05) is 91.2 Å². The maximum atomic E-state index is 12.8. The van der Waals surface area contributed by atoms with Gasteiger partial charge in [-0.15, -0.1) is 0 Å². The molecule has 0 aromatic heterocycles. The molecule has 238 valence electrons. The van der Waals surface area contributed by atoms with Gasteiger partial charge in [-0.05, 0) is 31.1 Å². The molecule has 0 aromatic carbocycles. The van der Waals surface area contributed by atoms with Crippen molar-refractivity contribution in [3.8, 4) is 0 Å². The van der Waals surface area contributed by atoms with Gasteiger partial charge in [-0.25, -0.2) is 0 Å². The third kappa shape index (κ3) is 15.7. The minimum Gasteiger partial charge on any atom is -0.460 e. The molecule has 1 rings (SSSR count). The molecule has 10 nitrogen and oxygen atoms in total. The molecule has 10 heteroatoms. The van der Waals surface area contributed by atoms with Crippen molar-refractivity contribution >= 4 is 17.8 Å². The topological polar surface area (TPSA) is 154 Å². The van der Waals surface area contributed by atoms with E-state index in [2.05, 4.69) is 24.5 Å². The number of ether oxygens (including phenoxy) is 2. The summed E-state index contributed by atoms with van der Waals surface area (Å²) in [5.41, 5.74) is 0. The summed E-state index contributed by atoms with van der Waals surface area (Å²) >= 11 is 0. The molecule has 1 aliphatic rings. The van der Waals surface area contributed by atoms with E-state index >= 15 is 0 Å². The average molecular weight is 585 g/mol. The van der Waals surface area contributed by atoms with Crippen LogP contribution in [0.3, 0.4) is 0 Å². The lowest BCUT2D eigenvalue weighted by Crippen LogP contribution is -2.55. The largest absolute Gasteiger partial charge is 0.460 e. The predicted octanol–water partition coefficient (Wildman–Crippen LogP) is 3.16. The van der Waals surface area contributed by atoms with Crippen molar-refractivity contribution in [2.75, 3.05) is 13.7 Å². The summed E-state index contributed by atoms with van der Waals surface area (Å²) in [6.07, 6.45) is 7.61. The molecule has 6 atom stereocenters. The molecule has 0 bridgehead atoms. The van der Waals surface area contributed by atoms with Crippen LogP contribution >= 0.6 is 0 Å². The number of aliphatic hydroxyl groups is 3. The van der Waals surface area contributed by atoms with Crippen molar-refractivity contribution in [2.24, 2.45) is 11.8 Å². The fraction of sp³-hybridized carbons (Fsp3) is 0.839. The molecule has 0 unspecified atom stereocenters. The Kier molecular flexibility index (Phi) is 18.8. The van der Waals surface area contributed by atoms with E-state index in [4.69, 9.17) is 9.47 Å². The summed E-state index contributed by atoms with van der Waals surface area (Å²) in [5.74, 6) is -0.630. The van der Waals surface area contributed by atoms with Crippen molar-refractivity contribution in [1.82, 2.24) is 10.6 Å². The smallest absolute Gasteiger partial charge is 0.306 e. The lowest BCUT2D eigenvalue weighted by molar-refractivity contribution is -0.151. The Bertz CT molecular complexity index is 788. The van der Waals surface area contributed by atoms with E-state index in [9.17, 15) is 29.7 Å². The number of nitrogens with one attached hydrogen (secondary N) is 2. The summed E-state index contributed by atoms with van der Waals surface area (Å²) < 4.78 is 10.7. The standard InChI is InChI=1S/C31H56N2O8/c1-21(2)14-12-10-8-6-7-9-11-13-15-26(35)41-23-17-18-24(30(38)32-20-23)33-31(39)29(40-5)28(37)27(36)25(34)19-16-22(3)4/h16,19,21-25,27-29,34,36-37H,6-15,17-18,20H2,1-5H3,(H,32,38)(H,33,39)/b19-16+/t23-,24-,25+,27-,28+,29+/m0/s1. The Morgan fingerprint density at radius 2 is 1.54 bits per heavy atom. The Balaban J connectivity index is 2.40. The maximum absolute atomic E-state index is 12.8. The fourth-order valence-corrected chi connectivity index (χ4v) is 4.78. The molecule has 0 aromatic rings. The summed E-state index contributed by atoms with van der Waals surface area (Å²) in [6, 6.07) is -0.927. The highest BCUT2D eigenvalue weighted by molar-refractivity contribution is 5.89. The highest BCUT2D eigenvalue weighted by Crippen LogP contribution is 2.16. The fourth-order valence-electron chi connectivity index (χ4n) is 4.78. The Labute approximate surface area is 246 Å². The monoisotopic (exact) mass is 584 g/mol. The molecule has 1 saturated heterocycles. The lowest BCUT2D eigenvalue weighted by atomic mass is 10.00. The third-order valence-electron chi connectivity index (χ3n) is 7.34. The second-order valence-electron chi connectivity index (χ2n) is 12.0. The van der Waals surface area contributed by atoms with Gasteiger partial charge in [-0.3, -0.25) is 14.4 Å². The zero-order valence-corrected chi connectivity index (χ0v) is 25.8.